The van der Waals surface area contributed by atoms with Gasteiger partial charge in [-0.3, -0.25) is 4.57 Å². The molecule has 4 heterocycles. The number of aromatic nitrogens is 5. The van der Waals surface area contributed by atoms with E-state index in [4.69, 9.17) is 9.47 Å². The smallest absolute Gasteiger partial charge is 0.232 e. The van der Waals surface area contributed by atoms with Crippen LogP contribution in [0.4, 0.5) is 10.3 Å². The summed E-state index contributed by atoms with van der Waals surface area (Å²) in [6.07, 6.45) is 3.75. The first-order chi connectivity index (χ1) is 14.7. The standard InChI is InChI=1S/C21H21FN6O2/c1-29-13-19-24-25-21(28(19)16-4-6-20(30-2)23-10-16)26-11-17(12-26)27-8-7-14-9-15(22)3-5-18(14)27/h3-10,17H,11-13H2,1-2H3. The molecule has 1 fully saturated rings. The Bertz CT molecular complexity index is 1180. The number of methoxy groups -OCH3 is 2. The third kappa shape index (κ3) is 3.07. The van der Waals surface area contributed by atoms with E-state index < -0.39 is 0 Å². The fraction of sp³-hybridized carbons (Fsp3) is 0.286. The van der Waals surface area contributed by atoms with Crippen LogP contribution in [0.3, 0.4) is 0 Å². The van der Waals surface area contributed by atoms with Crippen molar-refractivity contribution in [2.75, 3.05) is 32.2 Å². The van der Waals surface area contributed by atoms with Gasteiger partial charge in [0.05, 0.1) is 25.0 Å². The summed E-state index contributed by atoms with van der Waals surface area (Å²) in [7, 11) is 3.21. The zero-order valence-electron chi connectivity index (χ0n) is 16.7. The van der Waals surface area contributed by atoms with Crippen LogP contribution in [-0.4, -0.2) is 51.6 Å². The minimum atomic E-state index is -0.220. The average molecular weight is 408 g/mol. The number of ether oxygens (including phenoxy) is 2. The van der Waals surface area contributed by atoms with E-state index in [9.17, 15) is 4.39 Å². The first-order valence-corrected chi connectivity index (χ1v) is 9.62. The van der Waals surface area contributed by atoms with Crippen molar-refractivity contribution in [3.8, 4) is 11.6 Å². The van der Waals surface area contributed by atoms with Gasteiger partial charge in [0.15, 0.2) is 5.82 Å². The Hall–Kier alpha value is -3.46. The van der Waals surface area contributed by atoms with Gasteiger partial charge in [0.25, 0.3) is 0 Å². The van der Waals surface area contributed by atoms with Gasteiger partial charge in [-0.1, -0.05) is 0 Å². The van der Waals surface area contributed by atoms with Crippen LogP contribution in [0.15, 0.2) is 48.8 Å². The molecule has 1 aliphatic rings. The number of benzene rings is 1. The molecule has 1 saturated heterocycles. The van der Waals surface area contributed by atoms with Crippen LogP contribution in [0.2, 0.25) is 0 Å². The number of hydrogen-bond donors (Lipinski definition) is 0. The minimum Gasteiger partial charge on any atom is -0.481 e. The van der Waals surface area contributed by atoms with Gasteiger partial charge in [-0.15, -0.1) is 10.2 Å². The van der Waals surface area contributed by atoms with E-state index in [1.165, 1.54) is 6.07 Å². The first kappa shape index (κ1) is 18.6. The number of anilines is 1. The Morgan fingerprint density at radius 2 is 1.97 bits per heavy atom. The van der Waals surface area contributed by atoms with Gasteiger partial charge in [-0.2, -0.15) is 0 Å². The molecule has 0 bridgehead atoms. The Morgan fingerprint density at radius 1 is 1.10 bits per heavy atom. The maximum absolute atomic E-state index is 13.5. The molecule has 0 unspecified atom stereocenters. The van der Waals surface area contributed by atoms with Crippen molar-refractivity contribution in [2.24, 2.45) is 0 Å². The van der Waals surface area contributed by atoms with Gasteiger partial charge in [0.1, 0.15) is 12.4 Å². The van der Waals surface area contributed by atoms with Gasteiger partial charge >= 0.3 is 0 Å². The van der Waals surface area contributed by atoms with Crippen molar-refractivity contribution in [1.82, 2.24) is 24.3 Å². The first-order valence-electron chi connectivity index (χ1n) is 9.62. The summed E-state index contributed by atoms with van der Waals surface area (Å²) in [5.74, 6) is 1.77. The number of hydrogen-bond acceptors (Lipinski definition) is 6. The monoisotopic (exact) mass is 408 g/mol. The zero-order valence-corrected chi connectivity index (χ0v) is 16.7. The molecule has 3 aromatic heterocycles. The summed E-state index contributed by atoms with van der Waals surface area (Å²) < 4.78 is 28.1. The predicted molar refractivity (Wildman–Crippen MR) is 110 cm³/mol. The Labute approximate surface area is 172 Å². The topological polar surface area (TPSA) is 70.2 Å². The van der Waals surface area contributed by atoms with E-state index in [-0.39, 0.29) is 11.9 Å². The number of rotatable bonds is 6. The summed E-state index contributed by atoms with van der Waals surface area (Å²) in [5, 5.41) is 9.63. The predicted octanol–water partition coefficient (Wildman–Crippen LogP) is 2.97. The highest BCUT2D eigenvalue weighted by molar-refractivity contribution is 5.80. The SMILES string of the molecule is COCc1nnc(N2CC(n3ccc4cc(F)ccc43)C2)n1-c1ccc(OC)nc1. The molecule has 154 valence electrons. The molecule has 0 atom stereocenters. The fourth-order valence-corrected chi connectivity index (χ4v) is 3.87. The van der Waals surface area contributed by atoms with Crippen LogP contribution < -0.4 is 9.64 Å². The normalized spacial score (nSPS) is 14.3. The van der Waals surface area contributed by atoms with E-state index >= 15 is 0 Å². The molecule has 0 N–H and O–H groups in total. The van der Waals surface area contributed by atoms with E-state index in [1.54, 1.807) is 32.5 Å². The van der Waals surface area contributed by atoms with Gasteiger partial charge in [-0.25, -0.2) is 9.37 Å². The summed E-state index contributed by atoms with van der Waals surface area (Å²) >= 11 is 0. The molecule has 0 saturated carbocycles. The number of nitrogens with zero attached hydrogens (tertiary/aromatic N) is 6. The summed E-state index contributed by atoms with van der Waals surface area (Å²) in [4.78, 5) is 6.47. The van der Waals surface area contributed by atoms with Crippen molar-refractivity contribution in [3.05, 3.63) is 60.4 Å². The average Bonchev–Trinajstić information content (AvgIpc) is 3.32. The van der Waals surface area contributed by atoms with Crippen LogP contribution in [0.5, 0.6) is 5.88 Å². The molecular formula is C21H21FN6O2. The summed E-state index contributed by atoms with van der Waals surface area (Å²) in [6, 6.07) is 10.8. The Balaban J connectivity index is 1.42. The molecule has 5 rings (SSSR count). The molecule has 30 heavy (non-hydrogen) atoms. The third-order valence-electron chi connectivity index (χ3n) is 5.40. The number of pyridine rings is 1. The largest absolute Gasteiger partial charge is 0.481 e. The Kier molecular flexibility index (Phi) is 4.59. The molecule has 0 radical (unpaired) electrons. The van der Waals surface area contributed by atoms with E-state index in [1.807, 2.05) is 29.0 Å². The summed E-state index contributed by atoms with van der Waals surface area (Å²) in [5.41, 5.74) is 1.87. The maximum Gasteiger partial charge on any atom is 0.232 e. The molecule has 0 spiro atoms. The van der Waals surface area contributed by atoms with Gasteiger partial charge in [0, 0.05) is 43.4 Å². The lowest BCUT2D eigenvalue weighted by atomic mass is 10.1. The van der Waals surface area contributed by atoms with E-state index in [2.05, 4.69) is 24.6 Å². The molecular weight excluding hydrogens is 387 g/mol. The van der Waals surface area contributed by atoms with Crippen LogP contribution in [0.25, 0.3) is 16.6 Å². The highest BCUT2D eigenvalue weighted by Gasteiger charge is 2.33. The highest BCUT2D eigenvalue weighted by atomic mass is 19.1. The molecule has 8 nitrogen and oxygen atoms in total. The second-order valence-corrected chi connectivity index (χ2v) is 7.23. The molecule has 4 aromatic rings. The van der Waals surface area contributed by atoms with E-state index in [0.29, 0.717) is 18.3 Å². The third-order valence-corrected chi connectivity index (χ3v) is 5.40. The second kappa shape index (κ2) is 7.42. The lowest BCUT2D eigenvalue weighted by molar-refractivity contribution is 0.176. The molecule has 0 aliphatic carbocycles. The van der Waals surface area contributed by atoms with Crippen molar-refractivity contribution in [2.45, 2.75) is 12.6 Å². The van der Waals surface area contributed by atoms with Crippen LogP contribution in [0, 0.1) is 5.82 Å². The zero-order chi connectivity index (χ0) is 20.7. The van der Waals surface area contributed by atoms with Crippen LogP contribution in [-0.2, 0) is 11.3 Å². The Morgan fingerprint density at radius 3 is 2.70 bits per heavy atom. The van der Waals surface area contributed by atoms with E-state index in [0.717, 1.165) is 35.6 Å². The molecule has 9 heteroatoms. The minimum absolute atomic E-state index is 0.220. The fourth-order valence-electron chi connectivity index (χ4n) is 3.87. The van der Waals surface area contributed by atoms with Crippen molar-refractivity contribution < 1.29 is 13.9 Å². The van der Waals surface area contributed by atoms with Crippen molar-refractivity contribution >= 4 is 16.9 Å². The number of halogens is 1. The van der Waals surface area contributed by atoms with Crippen molar-refractivity contribution in [3.63, 3.8) is 0 Å². The second-order valence-electron chi connectivity index (χ2n) is 7.23. The van der Waals surface area contributed by atoms with Gasteiger partial charge in [-0.05, 0) is 30.3 Å². The lowest BCUT2D eigenvalue weighted by Crippen LogP contribution is -2.48. The molecule has 1 aliphatic heterocycles. The number of fused-ring (bicyclic) bond motifs is 1. The van der Waals surface area contributed by atoms with Crippen LogP contribution in [0.1, 0.15) is 11.9 Å². The quantitative estimate of drug-likeness (QED) is 0.489. The molecule has 1 aromatic carbocycles. The van der Waals surface area contributed by atoms with Crippen molar-refractivity contribution in [1.29, 1.82) is 0 Å². The highest BCUT2D eigenvalue weighted by Crippen LogP contribution is 2.32. The van der Waals surface area contributed by atoms with Gasteiger partial charge in [0.2, 0.25) is 11.8 Å². The van der Waals surface area contributed by atoms with Crippen LogP contribution >= 0.6 is 0 Å². The molecule has 0 amide bonds. The van der Waals surface area contributed by atoms with Gasteiger partial charge < -0.3 is 18.9 Å². The summed E-state index contributed by atoms with van der Waals surface area (Å²) in [6.45, 7) is 1.88. The lowest BCUT2D eigenvalue weighted by Gasteiger charge is -2.40. The maximum atomic E-state index is 13.5.